The fraction of sp³-hybridized carbons (Fsp3) is 0.250. The molecule has 2 heteroatoms. The molecule has 0 radical (unpaired) electrons. The van der Waals surface area contributed by atoms with E-state index in [2.05, 4.69) is 29.6 Å². The number of aliphatic hydroxyl groups excluding tert-OH is 1. The number of benzene rings is 2. The topological polar surface area (TPSA) is 32.3 Å². The van der Waals surface area contributed by atoms with E-state index in [1.54, 1.807) is 0 Å². The predicted octanol–water partition coefficient (Wildman–Crippen LogP) is 2.38. The number of aliphatic hydroxyl groups is 1. The molecule has 0 aliphatic carbocycles. The zero-order chi connectivity index (χ0) is 12.6. The second-order valence-electron chi connectivity index (χ2n) is 4.44. The molecule has 0 spiro atoms. The van der Waals surface area contributed by atoms with Crippen molar-refractivity contribution in [3.63, 3.8) is 0 Å². The van der Waals surface area contributed by atoms with Gasteiger partial charge >= 0.3 is 0 Å². The highest BCUT2D eigenvalue weighted by Gasteiger charge is 2.07. The average Bonchev–Trinajstić information content (AvgIpc) is 2.45. The molecule has 2 aromatic carbocycles. The lowest BCUT2D eigenvalue weighted by molar-refractivity contribution is 0.241. The van der Waals surface area contributed by atoms with Crippen molar-refractivity contribution in [1.29, 1.82) is 0 Å². The Labute approximate surface area is 108 Å². The van der Waals surface area contributed by atoms with E-state index in [9.17, 15) is 5.11 Å². The molecule has 0 bridgehead atoms. The van der Waals surface area contributed by atoms with Gasteiger partial charge in [0, 0.05) is 12.6 Å². The summed E-state index contributed by atoms with van der Waals surface area (Å²) in [5.41, 5.74) is 2.49. The average molecular weight is 241 g/mol. The van der Waals surface area contributed by atoms with E-state index in [0.29, 0.717) is 0 Å². The Bertz CT molecular complexity index is 441. The largest absolute Gasteiger partial charge is 0.395 e. The summed E-state index contributed by atoms with van der Waals surface area (Å²) >= 11 is 0. The Morgan fingerprint density at radius 2 is 1.39 bits per heavy atom. The molecular formula is C16H19NO. The standard InChI is InChI=1S/C16H19NO/c18-13-16(11-14-7-3-1-4-8-14)17-12-15-9-5-2-6-10-15/h1-10,16-18H,11-13H2/t16-/m1/s1. The first-order valence-corrected chi connectivity index (χ1v) is 6.30. The Morgan fingerprint density at radius 3 is 1.94 bits per heavy atom. The zero-order valence-electron chi connectivity index (χ0n) is 10.4. The Kier molecular flexibility index (Phi) is 4.94. The quantitative estimate of drug-likeness (QED) is 0.814. The van der Waals surface area contributed by atoms with Gasteiger partial charge < -0.3 is 10.4 Å². The van der Waals surface area contributed by atoms with Gasteiger partial charge in [-0.25, -0.2) is 0 Å². The Hall–Kier alpha value is -1.64. The minimum absolute atomic E-state index is 0.104. The van der Waals surface area contributed by atoms with Crippen LogP contribution in [0.2, 0.25) is 0 Å². The second-order valence-corrected chi connectivity index (χ2v) is 4.44. The molecule has 2 nitrogen and oxygen atoms in total. The minimum atomic E-state index is 0.104. The van der Waals surface area contributed by atoms with E-state index in [4.69, 9.17) is 0 Å². The molecule has 0 aliphatic heterocycles. The van der Waals surface area contributed by atoms with Crippen LogP contribution in [-0.2, 0) is 13.0 Å². The summed E-state index contributed by atoms with van der Waals surface area (Å²) in [6.07, 6.45) is 0.851. The third-order valence-corrected chi connectivity index (χ3v) is 2.98. The molecule has 0 aromatic heterocycles. The van der Waals surface area contributed by atoms with Gasteiger partial charge in [0.15, 0.2) is 0 Å². The lowest BCUT2D eigenvalue weighted by Crippen LogP contribution is -2.33. The maximum Gasteiger partial charge on any atom is 0.0587 e. The van der Waals surface area contributed by atoms with Crippen molar-refractivity contribution in [2.24, 2.45) is 0 Å². The summed E-state index contributed by atoms with van der Waals surface area (Å²) in [5.74, 6) is 0. The van der Waals surface area contributed by atoms with Crippen molar-refractivity contribution >= 4 is 0 Å². The SMILES string of the molecule is OC[C@@H](Cc1ccccc1)NCc1ccccc1. The van der Waals surface area contributed by atoms with Crippen LogP contribution in [-0.4, -0.2) is 17.8 Å². The lowest BCUT2D eigenvalue weighted by atomic mass is 10.1. The monoisotopic (exact) mass is 241 g/mol. The van der Waals surface area contributed by atoms with E-state index in [1.807, 2.05) is 36.4 Å². The third-order valence-electron chi connectivity index (χ3n) is 2.98. The van der Waals surface area contributed by atoms with Gasteiger partial charge in [-0.3, -0.25) is 0 Å². The van der Waals surface area contributed by atoms with Gasteiger partial charge in [-0.15, -0.1) is 0 Å². The van der Waals surface area contributed by atoms with Crippen molar-refractivity contribution < 1.29 is 5.11 Å². The molecular weight excluding hydrogens is 222 g/mol. The van der Waals surface area contributed by atoms with Gasteiger partial charge in [0.1, 0.15) is 0 Å². The highest BCUT2D eigenvalue weighted by atomic mass is 16.3. The summed E-state index contributed by atoms with van der Waals surface area (Å²) < 4.78 is 0. The van der Waals surface area contributed by atoms with Gasteiger partial charge in [-0.1, -0.05) is 60.7 Å². The Balaban J connectivity index is 1.86. The molecule has 0 aliphatic rings. The van der Waals surface area contributed by atoms with Crippen molar-refractivity contribution in [3.05, 3.63) is 71.8 Å². The van der Waals surface area contributed by atoms with Gasteiger partial charge in [0.2, 0.25) is 0 Å². The maximum atomic E-state index is 9.40. The molecule has 94 valence electrons. The third kappa shape index (κ3) is 3.99. The van der Waals surface area contributed by atoms with Crippen LogP contribution >= 0.6 is 0 Å². The van der Waals surface area contributed by atoms with Crippen molar-refractivity contribution in [2.75, 3.05) is 6.61 Å². The molecule has 0 fully saturated rings. The second kappa shape index (κ2) is 6.94. The summed E-state index contributed by atoms with van der Waals surface area (Å²) in [6, 6.07) is 20.6. The van der Waals surface area contributed by atoms with Crippen LogP contribution in [0.3, 0.4) is 0 Å². The molecule has 0 saturated heterocycles. The van der Waals surface area contributed by atoms with E-state index < -0.39 is 0 Å². The highest BCUT2D eigenvalue weighted by molar-refractivity contribution is 5.17. The first kappa shape index (κ1) is 12.8. The lowest BCUT2D eigenvalue weighted by Gasteiger charge is -2.16. The van der Waals surface area contributed by atoms with Gasteiger partial charge in [-0.2, -0.15) is 0 Å². The van der Waals surface area contributed by atoms with Crippen LogP contribution in [0.15, 0.2) is 60.7 Å². The van der Waals surface area contributed by atoms with Crippen LogP contribution in [0, 0.1) is 0 Å². The van der Waals surface area contributed by atoms with Crippen LogP contribution in [0.4, 0.5) is 0 Å². The van der Waals surface area contributed by atoms with Crippen LogP contribution < -0.4 is 5.32 Å². The minimum Gasteiger partial charge on any atom is -0.395 e. The molecule has 2 N–H and O–H groups in total. The van der Waals surface area contributed by atoms with E-state index >= 15 is 0 Å². The smallest absolute Gasteiger partial charge is 0.0587 e. The number of rotatable bonds is 6. The van der Waals surface area contributed by atoms with Gasteiger partial charge in [-0.05, 0) is 17.5 Å². The number of hydrogen-bond donors (Lipinski definition) is 2. The van der Waals surface area contributed by atoms with Crippen molar-refractivity contribution in [1.82, 2.24) is 5.32 Å². The number of hydrogen-bond acceptors (Lipinski definition) is 2. The molecule has 0 heterocycles. The highest BCUT2D eigenvalue weighted by Crippen LogP contribution is 2.04. The summed E-state index contributed by atoms with van der Waals surface area (Å²) in [7, 11) is 0. The normalized spacial score (nSPS) is 12.3. The molecule has 0 saturated carbocycles. The van der Waals surface area contributed by atoms with Crippen LogP contribution in [0.25, 0.3) is 0 Å². The van der Waals surface area contributed by atoms with Crippen LogP contribution in [0.1, 0.15) is 11.1 Å². The number of nitrogens with one attached hydrogen (secondary N) is 1. The fourth-order valence-electron chi connectivity index (χ4n) is 1.96. The van der Waals surface area contributed by atoms with Crippen LogP contribution in [0.5, 0.6) is 0 Å². The van der Waals surface area contributed by atoms with E-state index in [0.717, 1.165) is 13.0 Å². The first-order valence-electron chi connectivity index (χ1n) is 6.30. The molecule has 2 rings (SSSR count). The molecule has 0 amide bonds. The molecule has 2 aromatic rings. The Morgan fingerprint density at radius 1 is 0.833 bits per heavy atom. The molecule has 1 atom stereocenters. The zero-order valence-corrected chi connectivity index (χ0v) is 10.4. The van der Waals surface area contributed by atoms with E-state index in [-0.39, 0.29) is 12.6 Å². The summed E-state index contributed by atoms with van der Waals surface area (Å²) in [4.78, 5) is 0. The van der Waals surface area contributed by atoms with Gasteiger partial charge in [0.25, 0.3) is 0 Å². The molecule has 0 unspecified atom stereocenters. The van der Waals surface area contributed by atoms with Gasteiger partial charge in [0.05, 0.1) is 6.61 Å². The maximum absolute atomic E-state index is 9.40. The predicted molar refractivity (Wildman–Crippen MR) is 74.3 cm³/mol. The molecule has 18 heavy (non-hydrogen) atoms. The first-order chi connectivity index (χ1) is 8.88. The summed E-state index contributed by atoms with van der Waals surface area (Å²) in [5, 5.41) is 12.8. The summed E-state index contributed by atoms with van der Waals surface area (Å²) in [6.45, 7) is 0.945. The van der Waals surface area contributed by atoms with Crippen molar-refractivity contribution in [3.8, 4) is 0 Å². The van der Waals surface area contributed by atoms with Crippen molar-refractivity contribution in [2.45, 2.75) is 19.0 Å². The fourth-order valence-corrected chi connectivity index (χ4v) is 1.96. The van der Waals surface area contributed by atoms with E-state index in [1.165, 1.54) is 11.1 Å².